The largest absolute Gasteiger partial charge is 0.454 e. The van der Waals surface area contributed by atoms with Gasteiger partial charge in [-0.1, -0.05) is 175 Å². The van der Waals surface area contributed by atoms with Crippen LogP contribution >= 0.6 is 0 Å². The van der Waals surface area contributed by atoms with Crippen molar-refractivity contribution in [2.24, 2.45) is 0 Å². The smallest absolute Gasteiger partial charge is 0.159 e. The minimum Gasteiger partial charge on any atom is -0.454 e. The van der Waals surface area contributed by atoms with Crippen molar-refractivity contribution in [3.63, 3.8) is 0 Å². The molecule has 0 saturated heterocycles. The normalized spacial score (nSPS) is 14.0. The van der Waals surface area contributed by atoms with E-state index in [9.17, 15) is 0 Å². The molecule has 4 nitrogen and oxygen atoms in total. The van der Waals surface area contributed by atoms with E-state index in [4.69, 9.17) is 8.83 Å². The summed E-state index contributed by atoms with van der Waals surface area (Å²) >= 11 is 0. The SMILES string of the molecule is CC(C)c1cccc2c1oc1c(N(c3cccc(F)c3)c3ccc4c(c3)C3(c5cc(N(c6cccc(F)c6)c6cccc7c6oc6c(C(C)C)cccc67)ccc5-4)c4ccccc4C(C)(C)c4ccccc43)cccc12. The second-order valence-electron chi connectivity index (χ2n) is 21.8. The van der Waals surface area contributed by atoms with Crippen LogP contribution in [0, 0.1) is 11.6 Å². The Hall–Kier alpha value is -8.74. The second kappa shape index (κ2) is 16.9. The first-order chi connectivity index (χ1) is 36.9. The zero-order valence-corrected chi connectivity index (χ0v) is 43.3. The molecule has 370 valence electrons. The van der Waals surface area contributed by atoms with E-state index in [1.807, 2.05) is 12.1 Å². The fourth-order valence-corrected chi connectivity index (χ4v) is 13.2. The molecule has 2 aromatic heterocycles. The number of para-hydroxylation sites is 4. The summed E-state index contributed by atoms with van der Waals surface area (Å²) in [7, 11) is 0. The lowest BCUT2D eigenvalue weighted by Gasteiger charge is -2.47. The van der Waals surface area contributed by atoms with Gasteiger partial charge in [-0.3, -0.25) is 0 Å². The summed E-state index contributed by atoms with van der Waals surface area (Å²) in [6.45, 7) is 13.4. The van der Waals surface area contributed by atoms with Crippen molar-refractivity contribution in [3.05, 3.63) is 262 Å². The van der Waals surface area contributed by atoms with Crippen molar-refractivity contribution in [2.45, 2.75) is 64.2 Å². The van der Waals surface area contributed by atoms with Gasteiger partial charge in [-0.15, -0.1) is 0 Å². The molecule has 12 aromatic rings. The summed E-state index contributed by atoms with van der Waals surface area (Å²) in [6.07, 6.45) is 0. The number of rotatable bonds is 8. The third-order valence-electron chi connectivity index (χ3n) is 16.6. The number of hydrogen-bond acceptors (Lipinski definition) is 4. The summed E-state index contributed by atoms with van der Waals surface area (Å²) in [5.74, 6) is -0.187. The lowest BCUT2D eigenvalue weighted by atomic mass is 9.55. The van der Waals surface area contributed by atoms with E-state index < -0.39 is 5.41 Å². The van der Waals surface area contributed by atoms with Crippen LogP contribution in [0.5, 0.6) is 0 Å². The van der Waals surface area contributed by atoms with Crippen molar-refractivity contribution in [2.75, 3.05) is 9.80 Å². The molecule has 0 amide bonds. The summed E-state index contributed by atoms with van der Waals surface area (Å²) in [4.78, 5) is 4.31. The van der Waals surface area contributed by atoms with Crippen molar-refractivity contribution >= 4 is 78.0 Å². The molecule has 76 heavy (non-hydrogen) atoms. The number of nitrogens with zero attached hydrogens (tertiary/aromatic N) is 2. The summed E-state index contributed by atoms with van der Waals surface area (Å²) in [5.41, 5.74) is 18.1. The highest BCUT2D eigenvalue weighted by Gasteiger charge is 2.54. The highest BCUT2D eigenvalue weighted by atomic mass is 19.1. The van der Waals surface area contributed by atoms with E-state index in [0.29, 0.717) is 11.4 Å². The number of halogens is 2. The third kappa shape index (κ3) is 6.52. The van der Waals surface area contributed by atoms with Gasteiger partial charge in [0.05, 0.1) is 16.8 Å². The third-order valence-corrected chi connectivity index (χ3v) is 16.6. The molecule has 10 aromatic carbocycles. The second-order valence-corrected chi connectivity index (χ2v) is 21.8. The quantitative estimate of drug-likeness (QED) is 0.152. The molecule has 0 radical (unpaired) electrons. The van der Waals surface area contributed by atoms with Gasteiger partial charge in [0, 0.05) is 49.7 Å². The Labute approximate surface area is 441 Å². The van der Waals surface area contributed by atoms with E-state index in [2.05, 4.69) is 209 Å². The minimum atomic E-state index is -0.852. The molecule has 2 aliphatic rings. The van der Waals surface area contributed by atoms with E-state index in [0.717, 1.165) is 100 Å². The summed E-state index contributed by atoms with van der Waals surface area (Å²) < 4.78 is 45.5. The van der Waals surface area contributed by atoms with Crippen molar-refractivity contribution in [3.8, 4) is 11.1 Å². The van der Waals surface area contributed by atoms with Crippen LogP contribution < -0.4 is 9.80 Å². The Bertz CT molecular complexity index is 4070. The van der Waals surface area contributed by atoms with Gasteiger partial charge < -0.3 is 18.6 Å². The van der Waals surface area contributed by atoms with Gasteiger partial charge in [0.1, 0.15) is 22.8 Å². The highest BCUT2D eigenvalue weighted by Crippen LogP contribution is 2.64. The molecule has 0 atom stereocenters. The predicted molar refractivity (Wildman–Crippen MR) is 308 cm³/mol. The fourth-order valence-electron chi connectivity index (χ4n) is 13.2. The molecule has 0 bridgehead atoms. The van der Waals surface area contributed by atoms with Gasteiger partial charge in [-0.05, 0) is 140 Å². The van der Waals surface area contributed by atoms with Crippen LogP contribution in [0.1, 0.15) is 97.9 Å². The van der Waals surface area contributed by atoms with Crippen molar-refractivity contribution < 1.29 is 17.6 Å². The Kier molecular flexibility index (Phi) is 10.2. The van der Waals surface area contributed by atoms with Gasteiger partial charge in [0.2, 0.25) is 0 Å². The Balaban J connectivity index is 1.06. The van der Waals surface area contributed by atoms with Crippen LogP contribution in [-0.4, -0.2) is 0 Å². The molecule has 2 aliphatic carbocycles. The van der Waals surface area contributed by atoms with Gasteiger partial charge >= 0.3 is 0 Å². The highest BCUT2D eigenvalue weighted by molar-refractivity contribution is 6.12. The molecule has 0 fully saturated rings. The number of anilines is 6. The predicted octanol–water partition coefficient (Wildman–Crippen LogP) is 20.0. The molecule has 0 N–H and O–H groups in total. The average molecular weight is 993 g/mol. The van der Waals surface area contributed by atoms with Crippen LogP contribution in [0.4, 0.5) is 42.9 Å². The standard InChI is InChI=1S/C70H54F2N2O2/c1-41(2)49-21-13-23-53-55-25-15-31-63(67(55)75-65(49)53)73(45-19-11-17-43(71)37-45)47-33-35-51-52-36-34-48(40-62(52)70(61(51)39-47)59-29-9-7-27-57(59)69(5,6)58-28-8-10-30-60(58)70)74(46-20-12-18-44(72)38-46)64-32-16-26-56-54-24-14-22-50(42(3)4)66(54)76-68(56)64/h7-42H,1-6H3. The number of furan rings is 2. The average Bonchev–Trinajstić information content (AvgIpc) is 4.25. The Morgan fingerprint density at radius 2 is 0.724 bits per heavy atom. The Morgan fingerprint density at radius 3 is 1.13 bits per heavy atom. The van der Waals surface area contributed by atoms with Gasteiger partial charge in [-0.25, -0.2) is 8.78 Å². The molecular formula is C70H54F2N2O2. The number of benzene rings is 10. The van der Waals surface area contributed by atoms with Gasteiger partial charge in [-0.2, -0.15) is 0 Å². The summed E-state index contributed by atoms with van der Waals surface area (Å²) in [5, 5.41) is 4.08. The molecule has 6 heteroatoms. The fraction of sp³-hybridized carbons (Fsp3) is 0.143. The Morgan fingerprint density at radius 1 is 0.355 bits per heavy atom. The first-order valence-corrected chi connectivity index (χ1v) is 26.4. The van der Waals surface area contributed by atoms with E-state index in [1.165, 1.54) is 34.4 Å². The van der Waals surface area contributed by atoms with E-state index >= 15 is 8.78 Å². The minimum absolute atomic E-state index is 0.242. The maximum absolute atomic E-state index is 15.7. The van der Waals surface area contributed by atoms with E-state index in [1.54, 1.807) is 24.3 Å². The van der Waals surface area contributed by atoms with Crippen LogP contribution in [0.15, 0.2) is 215 Å². The van der Waals surface area contributed by atoms with E-state index in [-0.39, 0.29) is 28.9 Å². The van der Waals surface area contributed by atoms with Crippen LogP contribution in [0.3, 0.4) is 0 Å². The molecule has 0 unspecified atom stereocenters. The van der Waals surface area contributed by atoms with Crippen LogP contribution in [-0.2, 0) is 10.8 Å². The molecule has 0 saturated carbocycles. The summed E-state index contributed by atoms with van der Waals surface area (Å²) in [6, 6.07) is 70.3. The first kappa shape index (κ1) is 45.8. The maximum atomic E-state index is 15.7. The topological polar surface area (TPSA) is 32.8 Å². The van der Waals surface area contributed by atoms with Crippen molar-refractivity contribution in [1.29, 1.82) is 0 Å². The lowest BCUT2D eigenvalue weighted by Crippen LogP contribution is -2.40. The molecular weight excluding hydrogens is 939 g/mol. The molecule has 0 aliphatic heterocycles. The zero-order valence-electron chi connectivity index (χ0n) is 43.3. The lowest BCUT2D eigenvalue weighted by molar-refractivity contribution is 0.563. The molecule has 14 rings (SSSR count). The monoisotopic (exact) mass is 992 g/mol. The van der Waals surface area contributed by atoms with Crippen LogP contribution in [0.25, 0.3) is 55.0 Å². The number of hydrogen-bond donors (Lipinski definition) is 0. The number of fused-ring (bicyclic) bond motifs is 15. The van der Waals surface area contributed by atoms with Gasteiger partial charge in [0.25, 0.3) is 0 Å². The maximum Gasteiger partial charge on any atom is 0.159 e. The zero-order chi connectivity index (χ0) is 51.8. The molecule has 1 spiro atoms. The molecule has 2 heterocycles. The van der Waals surface area contributed by atoms with Crippen molar-refractivity contribution in [1.82, 2.24) is 0 Å². The first-order valence-electron chi connectivity index (χ1n) is 26.4. The van der Waals surface area contributed by atoms with Gasteiger partial charge in [0.15, 0.2) is 11.2 Å². The van der Waals surface area contributed by atoms with Crippen LogP contribution in [0.2, 0.25) is 0 Å².